The Bertz CT molecular complexity index is 597. The predicted octanol–water partition coefficient (Wildman–Crippen LogP) is 1.15. The van der Waals surface area contributed by atoms with Crippen LogP contribution in [0.15, 0.2) is 18.2 Å². The van der Waals surface area contributed by atoms with Crippen molar-refractivity contribution in [2.75, 3.05) is 25.5 Å². The van der Waals surface area contributed by atoms with Crippen LogP contribution in [0.3, 0.4) is 0 Å². The van der Waals surface area contributed by atoms with Crippen molar-refractivity contribution in [2.24, 2.45) is 5.92 Å². The summed E-state index contributed by atoms with van der Waals surface area (Å²) in [6.07, 6.45) is 0. The summed E-state index contributed by atoms with van der Waals surface area (Å²) in [5.41, 5.74) is 0.131. The number of ether oxygens (including phenoxy) is 1. The number of carbonyl (C=O) groups excluding carboxylic acids is 1. The van der Waals surface area contributed by atoms with Gasteiger partial charge >= 0.3 is 12.0 Å². The fraction of sp³-hybridized carbons (Fsp3) is 0.333. The van der Waals surface area contributed by atoms with Crippen LogP contribution in [0.4, 0.5) is 16.2 Å². The van der Waals surface area contributed by atoms with Crippen molar-refractivity contribution >= 4 is 23.4 Å². The molecule has 1 fully saturated rings. The average molecular weight is 295 g/mol. The van der Waals surface area contributed by atoms with E-state index in [-0.39, 0.29) is 30.2 Å². The summed E-state index contributed by atoms with van der Waals surface area (Å²) in [6, 6.07) is 3.34. The lowest BCUT2D eigenvalue weighted by Gasteiger charge is -2.36. The first-order chi connectivity index (χ1) is 9.92. The zero-order chi connectivity index (χ0) is 15.6. The number of rotatable bonds is 4. The molecule has 1 aliphatic heterocycles. The molecular weight excluding hydrogens is 282 g/mol. The monoisotopic (exact) mass is 295 g/mol. The summed E-state index contributed by atoms with van der Waals surface area (Å²) in [4.78, 5) is 34.0. The van der Waals surface area contributed by atoms with E-state index in [0.717, 1.165) is 0 Å². The number of carbonyl (C=O) groups is 2. The Morgan fingerprint density at radius 2 is 2.14 bits per heavy atom. The molecule has 1 aromatic carbocycles. The summed E-state index contributed by atoms with van der Waals surface area (Å²) in [7, 11) is 1.33. The minimum absolute atomic E-state index is 0.135. The highest BCUT2D eigenvalue weighted by Crippen LogP contribution is 2.29. The number of benzene rings is 1. The molecule has 2 rings (SSSR count). The molecule has 112 valence electrons. The van der Waals surface area contributed by atoms with E-state index < -0.39 is 22.8 Å². The Morgan fingerprint density at radius 3 is 2.67 bits per heavy atom. The molecule has 2 amide bonds. The highest BCUT2D eigenvalue weighted by Gasteiger charge is 2.35. The van der Waals surface area contributed by atoms with Gasteiger partial charge in [-0.2, -0.15) is 0 Å². The first-order valence-corrected chi connectivity index (χ1v) is 6.03. The van der Waals surface area contributed by atoms with Crippen LogP contribution in [0.5, 0.6) is 5.75 Å². The Labute approximate surface area is 119 Å². The van der Waals surface area contributed by atoms with Crippen molar-refractivity contribution in [1.29, 1.82) is 0 Å². The molecule has 0 spiro atoms. The van der Waals surface area contributed by atoms with Crippen molar-refractivity contribution < 1.29 is 24.4 Å². The number of hydrogen-bond acceptors (Lipinski definition) is 5. The minimum atomic E-state index is -0.938. The SMILES string of the molecule is COc1cc([N+](=O)[O-])ccc1NC(=O)N1CC(C(=O)O)C1. The molecule has 0 unspecified atom stereocenters. The van der Waals surface area contributed by atoms with Crippen LogP contribution in [0.25, 0.3) is 0 Å². The number of carboxylic acids is 1. The third-order valence-corrected chi connectivity index (χ3v) is 3.16. The maximum Gasteiger partial charge on any atom is 0.321 e. The summed E-state index contributed by atoms with van der Waals surface area (Å²) >= 11 is 0. The van der Waals surface area contributed by atoms with E-state index in [9.17, 15) is 19.7 Å². The summed E-state index contributed by atoms with van der Waals surface area (Å²) < 4.78 is 5.00. The standard InChI is InChI=1S/C12H13N3O6/c1-21-10-4-8(15(19)20)2-3-9(10)13-12(18)14-5-7(6-14)11(16)17/h2-4,7H,5-6H2,1H3,(H,13,18)(H,16,17). The number of urea groups is 1. The first-order valence-electron chi connectivity index (χ1n) is 6.03. The molecule has 2 N–H and O–H groups in total. The molecule has 9 heteroatoms. The van der Waals surface area contributed by atoms with Gasteiger partial charge in [0.25, 0.3) is 5.69 Å². The van der Waals surface area contributed by atoms with Gasteiger partial charge in [0.1, 0.15) is 5.75 Å². The zero-order valence-corrected chi connectivity index (χ0v) is 11.1. The zero-order valence-electron chi connectivity index (χ0n) is 11.1. The minimum Gasteiger partial charge on any atom is -0.494 e. The number of nitrogens with zero attached hydrogens (tertiary/aromatic N) is 2. The maximum absolute atomic E-state index is 11.9. The number of amides is 2. The molecule has 1 aliphatic rings. The van der Waals surface area contributed by atoms with E-state index in [1.54, 1.807) is 0 Å². The van der Waals surface area contributed by atoms with E-state index in [4.69, 9.17) is 9.84 Å². The van der Waals surface area contributed by atoms with Crippen LogP contribution in [-0.4, -0.2) is 47.1 Å². The number of nitro benzene ring substituents is 1. The van der Waals surface area contributed by atoms with Crippen LogP contribution < -0.4 is 10.1 Å². The van der Waals surface area contributed by atoms with Crippen molar-refractivity contribution in [1.82, 2.24) is 4.90 Å². The van der Waals surface area contributed by atoms with Gasteiger partial charge in [-0.25, -0.2) is 4.79 Å². The van der Waals surface area contributed by atoms with E-state index in [1.807, 2.05) is 0 Å². The van der Waals surface area contributed by atoms with E-state index in [0.29, 0.717) is 0 Å². The number of hydrogen-bond donors (Lipinski definition) is 2. The fourth-order valence-electron chi connectivity index (χ4n) is 1.89. The van der Waals surface area contributed by atoms with Crippen LogP contribution >= 0.6 is 0 Å². The Morgan fingerprint density at radius 1 is 1.48 bits per heavy atom. The molecule has 0 saturated carbocycles. The lowest BCUT2D eigenvalue weighted by molar-refractivity contribution is -0.384. The van der Waals surface area contributed by atoms with Gasteiger partial charge in [0.05, 0.1) is 29.7 Å². The largest absolute Gasteiger partial charge is 0.494 e. The highest BCUT2D eigenvalue weighted by atomic mass is 16.6. The quantitative estimate of drug-likeness (QED) is 0.634. The number of likely N-dealkylation sites (tertiary alicyclic amines) is 1. The normalized spacial score (nSPS) is 14.2. The maximum atomic E-state index is 11.9. The number of non-ortho nitro benzene ring substituents is 1. The molecule has 1 heterocycles. The van der Waals surface area contributed by atoms with Gasteiger partial charge in [0, 0.05) is 19.2 Å². The second-order valence-corrected chi connectivity index (χ2v) is 4.51. The van der Waals surface area contributed by atoms with E-state index in [2.05, 4.69) is 5.32 Å². The van der Waals surface area contributed by atoms with Crippen LogP contribution in [0.2, 0.25) is 0 Å². The van der Waals surface area contributed by atoms with Gasteiger partial charge in [0.2, 0.25) is 0 Å². The Balaban J connectivity index is 2.04. The number of methoxy groups -OCH3 is 1. The lowest BCUT2D eigenvalue weighted by Crippen LogP contribution is -2.54. The highest BCUT2D eigenvalue weighted by molar-refractivity contribution is 5.92. The molecule has 0 aliphatic carbocycles. The van der Waals surface area contributed by atoms with Gasteiger partial charge in [-0.3, -0.25) is 14.9 Å². The van der Waals surface area contributed by atoms with Crippen molar-refractivity contribution in [3.63, 3.8) is 0 Å². The van der Waals surface area contributed by atoms with E-state index >= 15 is 0 Å². The van der Waals surface area contributed by atoms with Crippen molar-refractivity contribution in [2.45, 2.75) is 0 Å². The molecule has 9 nitrogen and oxygen atoms in total. The smallest absolute Gasteiger partial charge is 0.321 e. The molecule has 0 atom stereocenters. The van der Waals surface area contributed by atoms with Crippen LogP contribution in [0.1, 0.15) is 0 Å². The Kier molecular flexibility index (Phi) is 3.92. The first kappa shape index (κ1) is 14.6. The van der Waals surface area contributed by atoms with Crippen molar-refractivity contribution in [3.05, 3.63) is 28.3 Å². The van der Waals surface area contributed by atoms with Gasteiger partial charge in [0.15, 0.2) is 0 Å². The van der Waals surface area contributed by atoms with Gasteiger partial charge in [-0.15, -0.1) is 0 Å². The number of carboxylic acid groups (broad SMARTS) is 1. The summed E-state index contributed by atoms with van der Waals surface area (Å²) in [6.45, 7) is 0.271. The van der Waals surface area contributed by atoms with Gasteiger partial charge in [-0.1, -0.05) is 0 Å². The summed E-state index contributed by atoms with van der Waals surface area (Å²) in [5.74, 6) is -1.32. The second kappa shape index (κ2) is 5.65. The Hall–Kier alpha value is -2.84. The molecule has 0 aromatic heterocycles. The van der Waals surface area contributed by atoms with Gasteiger partial charge in [-0.05, 0) is 6.07 Å². The summed E-state index contributed by atoms with van der Waals surface area (Å²) in [5, 5.41) is 21.9. The lowest BCUT2D eigenvalue weighted by atomic mass is 10.0. The second-order valence-electron chi connectivity index (χ2n) is 4.51. The number of nitrogens with one attached hydrogen (secondary N) is 1. The molecular formula is C12H13N3O6. The number of nitro groups is 1. The van der Waals surface area contributed by atoms with Crippen molar-refractivity contribution in [3.8, 4) is 5.75 Å². The molecule has 21 heavy (non-hydrogen) atoms. The van der Waals surface area contributed by atoms with Gasteiger partial charge < -0.3 is 20.1 Å². The van der Waals surface area contributed by atoms with E-state index in [1.165, 1.54) is 30.2 Å². The average Bonchev–Trinajstić information content (AvgIpc) is 2.36. The molecule has 0 bridgehead atoms. The number of aliphatic carboxylic acids is 1. The molecule has 1 aromatic rings. The number of anilines is 1. The molecule has 0 radical (unpaired) electrons. The molecule has 1 saturated heterocycles. The topological polar surface area (TPSA) is 122 Å². The third-order valence-electron chi connectivity index (χ3n) is 3.16. The van der Waals surface area contributed by atoms with Crippen LogP contribution in [-0.2, 0) is 4.79 Å². The predicted molar refractivity (Wildman–Crippen MR) is 71.4 cm³/mol. The fourth-order valence-corrected chi connectivity index (χ4v) is 1.89. The van der Waals surface area contributed by atoms with Crippen LogP contribution in [0, 0.1) is 16.0 Å². The third kappa shape index (κ3) is 3.02.